The maximum atomic E-state index is 6.40. The van der Waals surface area contributed by atoms with E-state index in [9.17, 15) is 0 Å². The molecule has 4 heteroatoms. The predicted octanol–water partition coefficient (Wildman–Crippen LogP) is 3.86. The lowest BCUT2D eigenvalue weighted by molar-refractivity contribution is 0.313. The zero-order valence-electron chi connectivity index (χ0n) is 12.8. The lowest BCUT2D eigenvalue weighted by Crippen LogP contribution is -2.35. The second kappa shape index (κ2) is 7.28. The Labute approximate surface area is 127 Å². The Balaban J connectivity index is 2.03. The molecule has 112 valence electrons. The van der Waals surface area contributed by atoms with Crippen LogP contribution >= 0.6 is 11.6 Å². The van der Waals surface area contributed by atoms with E-state index >= 15 is 0 Å². The molecule has 0 spiro atoms. The summed E-state index contributed by atoms with van der Waals surface area (Å²) < 4.78 is 0. The van der Waals surface area contributed by atoms with E-state index in [2.05, 4.69) is 29.2 Å². The van der Waals surface area contributed by atoms with Gasteiger partial charge in [-0.1, -0.05) is 24.9 Å². The van der Waals surface area contributed by atoms with Gasteiger partial charge in [-0.2, -0.15) is 0 Å². The van der Waals surface area contributed by atoms with Gasteiger partial charge in [0, 0.05) is 25.8 Å². The van der Waals surface area contributed by atoms with Crippen LogP contribution in [0.25, 0.3) is 0 Å². The Morgan fingerprint density at radius 3 is 2.60 bits per heavy atom. The van der Waals surface area contributed by atoms with Crippen molar-refractivity contribution in [3.63, 3.8) is 0 Å². The highest BCUT2D eigenvalue weighted by Gasteiger charge is 2.24. The number of aromatic nitrogens is 1. The van der Waals surface area contributed by atoms with Crippen LogP contribution in [0.2, 0.25) is 5.02 Å². The maximum absolute atomic E-state index is 6.40. The minimum absolute atomic E-state index is 0.581. The number of anilines is 1. The van der Waals surface area contributed by atoms with Crippen molar-refractivity contribution in [2.45, 2.75) is 51.6 Å². The van der Waals surface area contributed by atoms with E-state index in [-0.39, 0.29) is 0 Å². The topological polar surface area (TPSA) is 28.2 Å². The molecule has 0 unspecified atom stereocenters. The van der Waals surface area contributed by atoms with Gasteiger partial charge >= 0.3 is 0 Å². The number of halogens is 1. The van der Waals surface area contributed by atoms with E-state index < -0.39 is 0 Å². The Hall–Kier alpha value is -0.800. The van der Waals surface area contributed by atoms with Gasteiger partial charge < -0.3 is 10.2 Å². The van der Waals surface area contributed by atoms with Crippen LogP contribution in [-0.4, -0.2) is 25.1 Å². The molecule has 0 aliphatic heterocycles. The molecule has 1 aromatic rings. The first-order valence-corrected chi connectivity index (χ1v) is 8.05. The van der Waals surface area contributed by atoms with Crippen LogP contribution < -0.4 is 10.2 Å². The molecule has 0 amide bonds. The molecular formula is C16H26ClN3. The summed E-state index contributed by atoms with van der Waals surface area (Å²) in [6, 6.07) is 2.60. The largest absolute Gasteiger partial charge is 0.355 e. The molecule has 0 saturated heterocycles. The van der Waals surface area contributed by atoms with Crippen molar-refractivity contribution in [1.82, 2.24) is 10.3 Å². The van der Waals surface area contributed by atoms with E-state index in [4.69, 9.17) is 11.6 Å². The van der Waals surface area contributed by atoms with Gasteiger partial charge in [0.2, 0.25) is 0 Å². The number of nitrogens with one attached hydrogen (secondary N) is 1. The van der Waals surface area contributed by atoms with Crippen LogP contribution in [-0.2, 0) is 6.54 Å². The van der Waals surface area contributed by atoms with Crippen LogP contribution in [0.5, 0.6) is 0 Å². The molecular weight excluding hydrogens is 270 g/mol. The van der Waals surface area contributed by atoms with Crippen LogP contribution in [0.1, 0.15) is 44.6 Å². The van der Waals surface area contributed by atoms with Crippen LogP contribution in [0.4, 0.5) is 5.82 Å². The van der Waals surface area contributed by atoms with E-state index in [1.807, 2.05) is 19.3 Å². The van der Waals surface area contributed by atoms with Crippen LogP contribution in [0, 0.1) is 5.92 Å². The number of rotatable bonds is 5. The molecule has 1 aromatic heterocycles. The first-order valence-electron chi connectivity index (χ1n) is 7.67. The van der Waals surface area contributed by atoms with Crippen molar-refractivity contribution in [2.75, 3.05) is 19.0 Å². The molecule has 3 nitrogen and oxygen atoms in total. The summed E-state index contributed by atoms with van der Waals surface area (Å²) in [4.78, 5) is 6.84. The standard InChI is InChI=1S/C16H26ClN3/c1-4-12-5-7-14(8-6-12)20(3)16-15(17)9-13(10-18-2)11-19-16/h9,11-12,14,18H,4-8,10H2,1-3H3. The zero-order valence-corrected chi connectivity index (χ0v) is 13.6. The summed E-state index contributed by atoms with van der Waals surface area (Å²) in [6.45, 7) is 3.10. The summed E-state index contributed by atoms with van der Waals surface area (Å²) in [6.07, 6.45) is 8.42. The average molecular weight is 296 g/mol. The molecule has 0 atom stereocenters. The summed E-state index contributed by atoms with van der Waals surface area (Å²) in [5.41, 5.74) is 1.13. The Kier molecular flexibility index (Phi) is 5.67. The highest BCUT2D eigenvalue weighted by molar-refractivity contribution is 6.33. The van der Waals surface area contributed by atoms with E-state index in [1.165, 1.54) is 32.1 Å². The molecule has 0 radical (unpaired) electrons. The Morgan fingerprint density at radius 2 is 2.05 bits per heavy atom. The van der Waals surface area contributed by atoms with Gasteiger partial charge in [0.05, 0.1) is 5.02 Å². The lowest BCUT2D eigenvalue weighted by Gasteiger charge is -2.35. The van der Waals surface area contributed by atoms with Crippen LogP contribution in [0.3, 0.4) is 0 Å². The lowest BCUT2D eigenvalue weighted by atomic mass is 9.84. The number of pyridine rings is 1. The molecule has 1 heterocycles. The fraction of sp³-hybridized carbons (Fsp3) is 0.688. The van der Waals surface area contributed by atoms with Gasteiger partial charge in [-0.05, 0) is 50.3 Å². The minimum Gasteiger partial charge on any atom is -0.355 e. The average Bonchev–Trinajstić information content (AvgIpc) is 2.47. The summed E-state index contributed by atoms with van der Waals surface area (Å²) in [7, 11) is 4.06. The first-order chi connectivity index (χ1) is 9.65. The predicted molar refractivity (Wildman–Crippen MR) is 86.5 cm³/mol. The molecule has 2 rings (SSSR count). The molecule has 1 aliphatic rings. The van der Waals surface area contributed by atoms with Crippen LogP contribution in [0.15, 0.2) is 12.3 Å². The van der Waals surface area contributed by atoms with Gasteiger partial charge in [0.25, 0.3) is 0 Å². The quantitative estimate of drug-likeness (QED) is 0.894. The minimum atomic E-state index is 0.581. The van der Waals surface area contributed by atoms with Crippen molar-refractivity contribution in [3.8, 4) is 0 Å². The van der Waals surface area contributed by atoms with Crippen molar-refractivity contribution < 1.29 is 0 Å². The number of hydrogen-bond donors (Lipinski definition) is 1. The van der Waals surface area contributed by atoms with Crippen molar-refractivity contribution in [3.05, 3.63) is 22.8 Å². The van der Waals surface area contributed by atoms with Gasteiger partial charge in [0.1, 0.15) is 5.82 Å². The third-order valence-corrected chi connectivity index (χ3v) is 4.81. The second-order valence-corrected chi connectivity index (χ2v) is 6.28. The third-order valence-electron chi connectivity index (χ3n) is 4.53. The summed E-state index contributed by atoms with van der Waals surface area (Å²) >= 11 is 6.40. The first kappa shape index (κ1) is 15.6. The SMILES string of the molecule is CCC1CCC(N(C)c2ncc(CNC)cc2Cl)CC1. The van der Waals surface area contributed by atoms with Gasteiger partial charge in [-0.15, -0.1) is 0 Å². The van der Waals surface area contributed by atoms with Crippen molar-refractivity contribution in [1.29, 1.82) is 0 Å². The number of nitrogens with zero attached hydrogens (tertiary/aromatic N) is 2. The Bertz CT molecular complexity index is 428. The smallest absolute Gasteiger partial charge is 0.147 e. The third kappa shape index (κ3) is 3.64. The van der Waals surface area contributed by atoms with Crippen molar-refractivity contribution in [2.24, 2.45) is 5.92 Å². The molecule has 20 heavy (non-hydrogen) atoms. The van der Waals surface area contributed by atoms with Gasteiger partial charge in [-0.3, -0.25) is 0 Å². The highest BCUT2D eigenvalue weighted by Crippen LogP contribution is 2.33. The molecule has 1 fully saturated rings. The molecule has 1 N–H and O–H groups in total. The summed E-state index contributed by atoms with van der Waals surface area (Å²) in [5.74, 6) is 1.84. The second-order valence-electron chi connectivity index (χ2n) is 5.87. The Morgan fingerprint density at radius 1 is 1.35 bits per heavy atom. The number of hydrogen-bond acceptors (Lipinski definition) is 3. The van der Waals surface area contributed by atoms with Gasteiger partial charge in [-0.25, -0.2) is 4.98 Å². The molecule has 1 aliphatic carbocycles. The zero-order chi connectivity index (χ0) is 14.5. The van der Waals surface area contributed by atoms with E-state index in [0.29, 0.717) is 6.04 Å². The molecule has 0 aromatic carbocycles. The normalized spacial score (nSPS) is 22.8. The fourth-order valence-corrected chi connectivity index (χ4v) is 3.47. The van der Waals surface area contributed by atoms with E-state index in [1.54, 1.807) is 0 Å². The summed E-state index contributed by atoms with van der Waals surface area (Å²) in [5, 5.41) is 3.88. The fourth-order valence-electron chi connectivity index (χ4n) is 3.14. The van der Waals surface area contributed by atoms with Gasteiger partial charge in [0.15, 0.2) is 0 Å². The van der Waals surface area contributed by atoms with Crippen molar-refractivity contribution >= 4 is 17.4 Å². The highest BCUT2D eigenvalue weighted by atomic mass is 35.5. The van der Waals surface area contributed by atoms with E-state index in [0.717, 1.165) is 28.9 Å². The molecule has 0 bridgehead atoms. The molecule has 1 saturated carbocycles. The maximum Gasteiger partial charge on any atom is 0.147 e. The monoisotopic (exact) mass is 295 g/mol.